The number of carbonyl (C=O) groups excluding carboxylic acids is 2. The molecule has 0 spiro atoms. The number of nitrogens with zero attached hydrogens (tertiary/aromatic N) is 1. The molecule has 5 nitrogen and oxygen atoms in total. The number of aromatic nitrogens is 1. The highest BCUT2D eigenvalue weighted by molar-refractivity contribution is 8.04. The second-order valence-corrected chi connectivity index (χ2v) is 4.40. The predicted molar refractivity (Wildman–Crippen MR) is 59.4 cm³/mol. The Morgan fingerprint density at radius 3 is 3.00 bits per heavy atom. The lowest BCUT2D eigenvalue weighted by atomic mass is 10.0. The van der Waals surface area contributed by atoms with Crippen LogP contribution in [0.4, 0.5) is 0 Å². The minimum atomic E-state index is -0.303. The molecule has 0 saturated heterocycles. The van der Waals surface area contributed by atoms with E-state index in [1.807, 2.05) is 0 Å². The van der Waals surface area contributed by atoms with Gasteiger partial charge in [-0.25, -0.2) is 0 Å². The lowest BCUT2D eigenvalue weighted by Crippen LogP contribution is -2.13. The Bertz CT molecular complexity index is 464. The minimum Gasteiger partial charge on any atom is -0.352 e. The van der Waals surface area contributed by atoms with Crippen molar-refractivity contribution in [2.24, 2.45) is 5.73 Å². The molecule has 0 fully saturated rings. The van der Waals surface area contributed by atoms with E-state index in [1.54, 1.807) is 0 Å². The monoisotopic (exact) mass is 238 g/mol. The zero-order valence-electron chi connectivity index (χ0n) is 8.43. The van der Waals surface area contributed by atoms with Gasteiger partial charge in [0.2, 0.25) is 17.3 Å². The van der Waals surface area contributed by atoms with Gasteiger partial charge in [-0.15, -0.1) is 11.8 Å². The van der Waals surface area contributed by atoms with Crippen molar-refractivity contribution in [3.63, 3.8) is 0 Å². The summed E-state index contributed by atoms with van der Waals surface area (Å²) in [7, 11) is 0. The van der Waals surface area contributed by atoms with Gasteiger partial charge < -0.3 is 10.3 Å². The smallest absolute Gasteiger partial charge is 0.225 e. The molecule has 1 heterocycles. The largest absolute Gasteiger partial charge is 0.352 e. The van der Waals surface area contributed by atoms with E-state index in [1.165, 1.54) is 24.0 Å². The van der Waals surface area contributed by atoms with Crippen LogP contribution >= 0.6 is 11.8 Å². The summed E-state index contributed by atoms with van der Waals surface area (Å²) in [5, 5.41) is 3.46. The molecule has 0 bridgehead atoms. The minimum absolute atomic E-state index is 0.0353. The van der Waals surface area contributed by atoms with Crippen LogP contribution in [0.1, 0.15) is 27.3 Å². The van der Waals surface area contributed by atoms with Gasteiger partial charge in [0.05, 0.1) is 16.7 Å². The first-order valence-electron chi connectivity index (χ1n) is 4.82. The Labute approximate surface area is 96.0 Å². The van der Waals surface area contributed by atoms with Crippen LogP contribution in [0.15, 0.2) is 21.7 Å². The van der Waals surface area contributed by atoms with Crippen molar-refractivity contribution in [1.29, 1.82) is 0 Å². The number of hydrogen-bond acceptors (Lipinski definition) is 6. The molecule has 1 aliphatic rings. The number of ketones is 2. The molecule has 6 heteroatoms. The van der Waals surface area contributed by atoms with Gasteiger partial charge in [-0.1, -0.05) is 5.16 Å². The summed E-state index contributed by atoms with van der Waals surface area (Å²) in [6.07, 6.45) is 3.39. The van der Waals surface area contributed by atoms with Crippen molar-refractivity contribution in [1.82, 2.24) is 5.16 Å². The number of hydrogen-bond donors (Lipinski definition) is 1. The molecule has 2 rings (SSSR count). The van der Waals surface area contributed by atoms with Gasteiger partial charge in [0.25, 0.3) is 0 Å². The average molecular weight is 238 g/mol. The summed E-state index contributed by atoms with van der Waals surface area (Å²) in [5.74, 6) is 0.260. The fourth-order valence-corrected chi connectivity index (χ4v) is 2.30. The summed E-state index contributed by atoms with van der Waals surface area (Å²) in [6, 6.07) is 0. The molecule has 0 radical (unpaired) electrons. The molecule has 1 aromatic rings. The first kappa shape index (κ1) is 11.1. The zero-order valence-corrected chi connectivity index (χ0v) is 9.25. The normalized spacial score (nSPS) is 14.9. The number of fused-ring (bicyclic) bond motifs is 1. The lowest BCUT2D eigenvalue weighted by molar-refractivity contribution is 0.0967. The van der Waals surface area contributed by atoms with Crippen molar-refractivity contribution >= 4 is 23.3 Å². The maximum Gasteiger partial charge on any atom is 0.225 e. The Morgan fingerprint density at radius 1 is 1.44 bits per heavy atom. The van der Waals surface area contributed by atoms with Crippen LogP contribution in [0, 0.1) is 0 Å². The molecule has 0 aromatic carbocycles. The first-order chi connectivity index (χ1) is 7.74. The molecule has 0 amide bonds. The van der Waals surface area contributed by atoms with E-state index >= 15 is 0 Å². The third-order valence-corrected chi connectivity index (χ3v) is 3.24. The summed E-state index contributed by atoms with van der Waals surface area (Å²) in [4.78, 5) is 23.8. The van der Waals surface area contributed by atoms with Gasteiger partial charge in [0.15, 0.2) is 0 Å². The van der Waals surface area contributed by atoms with E-state index < -0.39 is 0 Å². The van der Waals surface area contributed by atoms with E-state index in [9.17, 15) is 9.59 Å². The number of carbonyl (C=O) groups is 2. The summed E-state index contributed by atoms with van der Waals surface area (Å²) in [6.45, 7) is 0.570. The highest BCUT2D eigenvalue weighted by Gasteiger charge is 2.29. The van der Waals surface area contributed by atoms with Gasteiger partial charge >= 0.3 is 0 Å². The molecule has 16 heavy (non-hydrogen) atoms. The van der Waals surface area contributed by atoms with Gasteiger partial charge in [0.1, 0.15) is 0 Å². The molecule has 2 N–H and O–H groups in total. The summed E-state index contributed by atoms with van der Waals surface area (Å²) >= 11 is 1.34. The van der Waals surface area contributed by atoms with Crippen LogP contribution in [0.3, 0.4) is 0 Å². The second-order valence-electron chi connectivity index (χ2n) is 3.26. The number of allylic oxidation sites excluding steroid dienone is 2. The molecule has 1 aromatic heterocycles. The van der Waals surface area contributed by atoms with Crippen LogP contribution in [-0.2, 0) is 0 Å². The standard InChI is InChI=1S/C10H10N2O3S/c11-2-1-3-16-8-4-7(13)10-6(9(8)14)5-12-15-10/h4-5H,1-3,11H2. The van der Waals surface area contributed by atoms with Crippen LogP contribution in [0.2, 0.25) is 0 Å². The Kier molecular flexibility index (Phi) is 3.21. The van der Waals surface area contributed by atoms with Crippen LogP contribution in [0.25, 0.3) is 0 Å². The van der Waals surface area contributed by atoms with Gasteiger partial charge in [-0.2, -0.15) is 0 Å². The molecule has 0 aliphatic heterocycles. The Morgan fingerprint density at radius 2 is 2.25 bits per heavy atom. The van der Waals surface area contributed by atoms with E-state index in [0.717, 1.165) is 12.2 Å². The van der Waals surface area contributed by atoms with Crippen molar-refractivity contribution in [3.8, 4) is 0 Å². The number of thioether (sulfide) groups is 1. The second kappa shape index (κ2) is 4.63. The van der Waals surface area contributed by atoms with Crippen molar-refractivity contribution < 1.29 is 14.1 Å². The third kappa shape index (κ3) is 1.94. The van der Waals surface area contributed by atoms with E-state index in [-0.39, 0.29) is 22.9 Å². The first-order valence-corrected chi connectivity index (χ1v) is 5.81. The third-order valence-electron chi connectivity index (χ3n) is 2.13. The lowest BCUT2D eigenvalue weighted by Gasteiger charge is -2.08. The average Bonchev–Trinajstić information content (AvgIpc) is 2.75. The maximum absolute atomic E-state index is 11.8. The van der Waals surface area contributed by atoms with Crippen LogP contribution in [0.5, 0.6) is 0 Å². The van der Waals surface area contributed by atoms with Gasteiger partial charge in [-0.3, -0.25) is 9.59 Å². The number of Topliss-reactive ketones (excluding diaryl/α,β-unsaturated/α-hetero) is 1. The predicted octanol–water partition coefficient (Wildman–Crippen LogP) is 1.02. The topological polar surface area (TPSA) is 86.2 Å². The number of rotatable bonds is 4. The van der Waals surface area contributed by atoms with E-state index in [4.69, 9.17) is 10.3 Å². The molecule has 0 saturated carbocycles. The highest BCUT2D eigenvalue weighted by atomic mass is 32.2. The van der Waals surface area contributed by atoms with E-state index in [2.05, 4.69) is 5.16 Å². The highest BCUT2D eigenvalue weighted by Crippen LogP contribution is 2.28. The summed E-state index contributed by atoms with van der Waals surface area (Å²) < 4.78 is 4.72. The summed E-state index contributed by atoms with van der Waals surface area (Å²) in [5.41, 5.74) is 5.61. The molecular weight excluding hydrogens is 228 g/mol. The molecule has 0 unspecified atom stereocenters. The molecule has 1 aliphatic carbocycles. The molecular formula is C10H10N2O3S. The van der Waals surface area contributed by atoms with Gasteiger partial charge in [-0.05, 0) is 18.7 Å². The maximum atomic E-state index is 11.8. The van der Waals surface area contributed by atoms with Crippen molar-refractivity contribution in [2.75, 3.05) is 12.3 Å². The van der Waals surface area contributed by atoms with Gasteiger partial charge in [0, 0.05) is 6.08 Å². The van der Waals surface area contributed by atoms with Crippen molar-refractivity contribution in [3.05, 3.63) is 28.5 Å². The van der Waals surface area contributed by atoms with Crippen LogP contribution < -0.4 is 5.73 Å². The van der Waals surface area contributed by atoms with Crippen molar-refractivity contribution in [2.45, 2.75) is 6.42 Å². The zero-order chi connectivity index (χ0) is 11.5. The molecule has 84 valence electrons. The Hall–Kier alpha value is -1.40. The molecule has 0 atom stereocenters. The van der Waals surface area contributed by atoms with E-state index in [0.29, 0.717) is 11.4 Å². The fraction of sp³-hybridized carbons (Fsp3) is 0.300. The van der Waals surface area contributed by atoms with Crippen LogP contribution in [-0.4, -0.2) is 29.0 Å². The number of nitrogens with two attached hydrogens (primary N) is 1. The Balaban J connectivity index is 2.17. The quantitative estimate of drug-likeness (QED) is 0.788. The SMILES string of the molecule is NCCCSC1=CC(=O)c2oncc2C1=O. The fourth-order valence-electron chi connectivity index (χ4n) is 1.33.